The molecule has 1 aliphatic heterocycles. The van der Waals surface area contributed by atoms with Crippen LogP contribution in [-0.2, 0) is 5.41 Å². The van der Waals surface area contributed by atoms with Gasteiger partial charge < -0.3 is 9.64 Å². The van der Waals surface area contributed by atoms with Gasteiger partial charge in [0, 0.05) is 45.4 Å². The second-order valence-corrected chi connectivity index (χ2v) is 16.6. The summed E-state index contributed by atoms with van der Waals surface area (Å²) in [6, 6.07) is 55.6. The average molecular weight is 760 g/mol. The molecule has 0 saturated heterocycles. The van der Waals surface area contributed by atoms with Gasteiger partial charge in [-0.2, -0.15) is 0 Å². The molecule has 4 unspecified atom stereocenters. The Labute approximate surface area is 347 Å². The van der Waals surface area contributed by atoms with E-state index in [1.54, 1.807) is 0 Å². The summed E-state index contributed by atoms with van der Waals surface area (Å²) in [5, 5.41) is 5.15. The van der Waals surface area contributed by atoms with Crippen molar-refractivity contribution < 1.29 is 4.74 Å². The molecule has 0 N–H and O–H groups in total. The number of allylic oxidation sites excluding steroid dienone is 9. The fourth-order valence-electron chi connectivity index (χ4n) is 9.86. The zero-order valence-corrected chi connectivity index (χ0v) is 33.2. The molecule has 4 aliphatic rings. The number of rotatable bonds is 7. The van der Waals surface area contributed by atoms with Gasteiger partial charge in [0.1, 0.15) is 11.9 Å². The average Bonchev–Trinajstić information content (AvgIpc) is 3.68. The molecule has 1 heterocycles. The van der Waals surface area contributed by atoms with E-state index >= 15 is 0 Å². The zero-order valence-electron chi connectivity index (χ0n) is 33.2. The maximum atomic E-state index is 6.64. The third kappa shape index (κ3) is 6.28. The van der Waals surface area contributed by atoms with E-state index in [0.717, 1.165) is 30.0 Å². The number of para-hydroxylation sites is 1. The van der Waals surface area contributed by atoms with Crippen molar-refractivity contribution in [2.75, 3.05) is 4.90 Å². The van der Waals surface area contributed by atoms with Crippen LogP contribution in [0.1, 0.15) is 53.9 Å². The van der Waals surface area contributed by atoms with Crippen LogP contribution in [0.2, 0.25) is 0 Å². The van der Waals surface area contributed by atoms with Crippen LogP contribution in [0, 0.1) is 0 Å². The van der Waals surface area contributed by atoms with Crippen LogP contribution in [0.5, 0.6) is 5.75 Å². The first kappa shape index (κ1) is 35.3. The van der Waals surface area contributed by atoms with Crippen molar-refractivity contribution in [3.63, 3.8) is 0 Å². The van der Waals surface area contributed by atoms with Gasteiger partial charge in [-0.1, -0.05) is 183 Å². The second kappa shape index (κ2) is 14.5. The Kier molecular flexibility index (Phi) is 8.66. The van der Waals surface area contributed by atoms with E-state index in [-0.39, 0.29) is 17.4 Å². The number of fused-ring (bicyclic) bond motifs is 5. The van der Waals surface area contributed by atoms with Gasteiger partial charge in [0.05, 0.1) is 0 Å². The molecule has 2 heteroatoms. The number of benzene rings is 7. The molecule has 0 radical (unpaired) electrons. The van der Waals surface area contributed by atoms with Crippen LogP contribution in [-0.4, -0.2) is 6.10 Å². The van der Waals surface area contributed by atoms with E-state index in [4.69, 9.17) is 4.74 Å². The van der Waals surface area contributed by atoms with Crippen molar-refractivity contribution in [3.05, 3.63) is 240 Å². The largest absolute Gasteiger partial charge is 0.485 e. The number of ether oxygens (including phenoxy) is 1. The maximum absolute atomic E-state index is 6.64. The summed E-state index contributed by atoms with van der Waals surface area (Å²) in [6.45, 7) is 2.36. The predicted octanol–water partition coefficient (Wildman–Crippen LogP) is 14.7. The number of hydrogen-bond donors (Lipinski definition) is 0. The standard InChI is InChI=1S/C57H45NO/c1-57(54-23-10-22-53-52-19-6-7-24-55(52)59-56(53)54)37-11-16-44(38-57)39-25-31-45(32-26-39)58(46-33-27-42(28-34-46)50-20-8-14-40-12-2-4-17-48(40)50)47-35-29-43(30-36-47)51-21-9-15-41-13-3-5-18-49(41)51/h2-29,31-36,38,43,52,55H,30,37H2,1H3. The molecule has 3 aliphatic carbocycles. The summed E-state index contributed by atoms with van der Waals surface area (Å²) in [4.78, 5) is 2.41. The van der Waals surface area contributed by atoms with Gasteiger partial charge in [-0.3, -0.25) is 0 Å². The Balaban J connectivity index is 0.934. The lowest BCUT2D eigenvalue weighted by Crippen LogP contribution is -2.22. The lowest BCUT2D eigenvalue weighted by molar-refractivity contribution is 0.264. The molecule has 7 aromatic rings. The van der Waals surface area contributed by atoms with Crippen molar-refractivity contribution in [1.29, 1.82) is 0 Å². The van der Waals surface area contributed by atoms with Crippen molar-refractivity contribution in [2.45, 2.75) is 43.1 Å². The lowest BCUT2D eigenvalue weighted by atomic mass is 9.73. The Bertz CT molecular complexity index is 2930. The van der Waals surface area contributed by atoms with Crippen LogP contribution in [0.4, 0.5) is 11.4 Å². The molecule has 0 bridgehead atoms. The second-order valence-electron chi connectivity index (χ2n) is 16.6. The normalized spacial score (nSPS) is 21.5. The van der Waals surface area contributed by atoms with Gasteiger partial charge in [0.2, 0.25) is 0 Å². The molecule has 4 atom stereocenters. The summed E-state index contributed by atoms with van der Waals surface area (Å²) in [7, 11) is 0. The number of hydrogen-bond acceptors (Lipinski definition) is 2. The van der Waals surface area contributed by atoms with Gasteiger partial charge in [-0.05, 0) is 98.6 Å². The van der Waals surface area contributed by atoms with Crippen molar-refractivity contribution in [1.82, 2.24) is 0 Å². The highest BCUT2D eigenvalue weighted by atomic mass is 16.5. The summed E-state index contributed by atoms with van der Waals surface area (Å²) >= 11 is 0. The number of anilines is 2. The fourth-order valence-corrected chi connectivity index (χ4v) is 9.86. The van der Waals surface area contributed by atoms with Crippen LogP contribution >= 0.6 is 0 Å². The highest BCUT2D eigenvalue weighted by Crippen LogP contribution is 2.49. The van der Waals surface area contributed by atoms with Crippen LogP contribution in [0.15, 0.2) is 218 Å². The predicted molar refractivity (Wildman–Crippen MR) is 247 cm³/mol. The third-order valence-electron chi connectivity index (χ3n) is 12.9. The van der Waals surface area contributed by atoms with Crippen molar-refractivity contribution in [2.24, 2.45) is 0 Å². The summed E-state index contributed by atoms with van der Waals surface area (Å²) in [5.41, 5.74) is 12.1. The minimum absolute atomic E-state index is 0.0745. The third-order valence-corrected chi connectivity index (χ3v) is 12.9. The summed E-state index contributed by atoms with van der Waals surface area (Å²) in [6.07, 6.45) is 24.9. The molecule has 2 nitrogen and oxygen atoms in total. The Morgan fingerprint density at radius 1 is 0.593 bits per heavy atom. The quantitative estimate of drug-likeness (QED) is 0.160. The van der Waals surface area contributed by atoms with Gasteiger partial charge in [-0.25, -0.2) is 0 Å². The minimum atomic E-state index is -0.189. The van der Waals surface area contributed by atoms with E-state index in [2.05, 4.69) is 224 Å². The SMILES string of the molecule is CC1(c2cccc3c2OC2C=CC=CC32)C=C(c2ccc(N(C3=CCC(c4cccc5ccccc45)C=C3)c3ccc(-c4cccc5ccccc45)cc3)cc2)C=CC1. The monoisotopic (exact) mass is 759 g/mol. The Hall–Kier alpha value is -6.90. The lowest BCUT2D eigenvalue weighted by Gasteiger charge is -2.31. The molecule has 284 valence electrons. The van der Waals surface area contributed by atoms with Crippen LogP contribution in [0.3, 0.4) is 0 Å². The van der Waals surface area contributed by atoms with E-state index in [1.165, 1.54) is 66.2 Å². The fraction of sp³-hybridized carbons (Fsp3) is 0.123. The van der Waals surface area contributed by atoms with E-state index in [0.29, 0.717) is 5.92 Å². The van der Waals surface area contributed by atoms with Gasteiger partial charge in [-0.15, -0.1) is 0 Å². The first-order chi connectivity index (χ1) is 29.1. The minimum Gasteiger partial charge on any atom is -0.485 e. The molecule has 0 aromatic heterocycles. The molecule has 0 fully saturated rings. The Morgan fingerprint density at radius 2 is 1.25 bits per heavy atom. The van der Waals surface area contributed by atoms with Gasteiger partial charge in [0.15, 0.2) is 0 Å². The molecule has 0 spiro atoms. The van der Waals surface area contributed by atoms with Gasteiger partial charge in [0.25, 0.3) is 0 Å². The maximum Gasteiger partial charge on any atom is 0.128 e. The van der Waals surface area contributed by atoms with Gasteiger partial charge >= 0.3 is 0 Å². The molecule has 0 amide bonds. The Morgan fingerprint density at radius 3 is 2.03 bits per heavy atom. The molecule has 59 heavy (non-hydrogen) atoms. The highest BCUT2D eigenvalue weighted by Gasteiger charge is 2.38. The molecular formula is C57H45NO. The van der Waals surface area contributed by atoms with Crippen molar-refractivity contribution in [3.8, 4) is 16.9 Å². The highest BCUT2D eigenvalue weighted by molar-refractivity contribution is 5.97. The van der Waals surface area contributed by atoms with E-state index < -0.39 is 0 Å². The van der Waals surface area contributed by atoms with E-state index in [9.17, 15) is 0 Å². The van der Waals surface area contributed by atoms with Crippen LogP contribution in [0.25, 0.3) is 38.2 Å². The molecule has 0 saturated carbocycles. The van der Waals surface area contributed by atoms with Crippen molar-refractivity contribution >= 4 is 38.5 Å². The number of nitrogens with zero attached hydrogens (tertiary/aromatic N) is 1. The first-order valence-electron chi connectivity index (χ1n) is 21.0. The molecule has 11 rings (SSSR count). The smallest absolute Gasteiger partial charge is 0.128 e. The van der Waals surface area contributed by atoms with E-state index in [1.807, 2.05) is 0 Å². The summed E-state index contributed by atoms with van der Waals surface area (Å²) < 4.78 is 6.64. The zero-order chi connectivity index (χ0) is 39.3. The summed E-state index contributed by atoms with van der Waals surface area (Å²) in [5.74, 6) is 1.65. The topological polar surface area (TPSA) is 12.5 Å². The molecule has 7 aromatic carbocycles. The molecular weight excluding hydrogens is 715 g/mol. The first-order valence-corrected chi connectivity index (χ1v) is 21.0. The van der Waals surface area contributed by atoms with Crippen LogP contribution < -0.4 is 9.64 Å².